The summed E-state index contributed by atoms with van der Waals surface area (Å²) in [6.07, 6.45) is 3.02. The third-order valence-corrected chi connectivity index (χ3v) is 4.79. The van der Waals surface area contributed by atoms with Gasteiger partial charge in [0.2, 0.25) is 5.91 Å². The second kappa shape index (κ2) is 7.91. The zero-order valence-electron chi connectivity index (χ0n) is 12.0. The van der Waals surface area contributed by atoms with Gasteiger partial charge in [0.05, 0.1) is 0 Å². The van der Waals surface area contributed by atoms with Crippen molar-refractivity contribution in [3.05, 3.63) is 35.9 Å². The van der Waals surface area contributed by atoms with E-state index in [1.807, 2.05) is 41.5 Å². The Labute approximate surface area is 131 Å². The number of amides is 1. The van der Waals surface area contributed by atoms with Gasteiger partial charge in [-0.2, -0.15) is 0 Å². The number of nitrogens with zero attached hydrogens (tertiary/aromatic N) is 1. The molecule has 0 spiro atoms. The van der Waals surface area contributed by atoms with Crippen molar-refractivity contribution in [3.63, 3.8) is 0 Å². The predicted molar refractivity (Wildman–Crippen MR) is 88.3 cm³/mol. The first-order chi connectivity index (χ1) is 9.17. The number of thioether (sulfide) groups is 1. The Kier molecular flexibility index (Phi) is 6.86. The van der Waals surface area contributed by atoms with Gasteiger partial charge in [0, 0.05) is 12.6 Å². The van der Waals surface area contributed by atoms with Gasteiger partial charge in [-0.25, -0.2) is 0 Å². The lowest BCUT2D eigenvalue weighted by atomic mass is 10.1. The van der Waals surface area contributed by atoms with Crippen molar-refractivity contribution in [1.29, 1.82) is 0 Å². The molecule has 0 aliphatic carbocycles. The average molecular weight is 315 g/mol. The molecular weight excluding hydrogens is 292 g/mol. The molecule has 112 valence electrons. The van der Waals surface area contributed by atoms with E-state index in [1.165, 1.54) is 0 Å². The molecule has 1 aliphatic heterocycles. The van der Waals surface area contributed by atoms with E-state index in [0.29, 0.717) is 18.5 Å². The molecule has 1 aliphatic rings. The van der Waals surface area contributed by atoms with Crippen molar-refractivity contribution in [3.8, 4) is 0 Å². The Balaban J connectivity index is 0.00000200. The minimum atomic E-state index is -0.0971. The van der Waals surface area contributed by atoms with E-state index < -0.39 is 0 Å². The van der Waals surface area contributed by atoms with Gasteiger partial charge in [0.1, 0.15) is 5.25 Å². The second-order valence-electron chi connectivity index (χ2n) is 5.20. The van der Waals surface area contributed by atoms with Crippen LogP contribution in [0.3, 0.4) is 0 Å². The third-order valence-electron chi connectivity index (χ3n) is 3.84. The highest BCUT2D eigenvalue weighted by Gasteiger charge is 2.35. The molecule has 1 aromatic carbocycles. The normalized spacial score (nSPS) is 23.2. The fourth-order valence-electron chi connectivity index (χ4n) is 2.78. The zero-order valence-corrected chi connectivity index (χ0v) is 13.6. The van der Waals surface area contributed by atoms with E-state index >= 15 is 0 Å². The molecule has 2 N–H and O–H groups in total. The molecular formula is C15H23ClN2OS. The summed E-state index contributed by atoms with van der Waals surface area (Å²) in [6, 6.07) is 10.3. The molecule has 0 saturated carbocycles. The molecule has 1 amide bonds. The highest BCUT2D eigenvalue weighted by atomic mass is 35.5. The summed E-state index contributed by atoms with van der Waals surface area (Å²) in [7, 11) is 0. The van der Waals surface area contributed by atoms with Crippen molar-refractivity contribution >= 4 is 30.1 Å². The summed E-state index contributed by atoms with van der Waals surface area (Å²) in [5, 5.41) is -0.0971. The molecule has 0 aromatic heterocycles. The van der Waals surface area contributed by atoms with Crippen LogP contribution >= 0.6 is 24.2 Å². The maximum atomic E-state index is 12.7. The number of hydrogen-bond donors (Lipinski definition) is 1. The van der Waals surface area contributed by atoms with Crippen LogP contribution in [0.2, 0.25) is 0 Å². The summed E-state index contributed by atoms with van der Waals surface area (Å²) < 4.78 is 0. The van der Waals surface area contributed by atoms with Crippen molar-refractivity contribution in [2.24, 2.45) is 11.7 Å². The van der Waals surface area contributed by atoms with Crippen LogP contribution in [-0.2, 0) is 4.79 Å². The van der Waals surface area contributed by atoms with Crippen LogP contribution < -0.4 is 5.73 Å². The Morgan fingerprint density at radius 1 is 1.45 bits per heavy atom. The van der Waals surface area contributed by atoms with Gasteiger partial charge < -0.3 is 10.6 Å². The van der Waals surface area contributed by atoms with Crippen LogP contribution in [0.1, 0.15) is 24.2 Å². The number of carbonyl (C=O) groups excluding carboxylic acids is 1. The van der Waals surface area contributed by atoms with Gasteiger partial charge in [0.25, 0.3) is 0 Å². The molecule has 1 heterocycles. The lowest BCUT2D eigenvalue weighted by Gasteiger charge is -2.26. The van der Waals surface area contributed by atoms with E-state index in [0.717, 1.165) is 18.5 Å². The Morgan fingerprint density at radius 3 is 2.60 bits per heavy atom. The van der Waals surface area contributed by atoms with Crippen molar-refractivity contribution in [2.75, 3.05) is 19.3 Å². The number of halogens is 1. The number of rotatable bonds is 4. The monoisotopic (exact) mass is 314 g/mol. The summed E-state index contributed by atoms with van der Waals surface area (Å²) in [5.74, 6) is 0.680. The Bertz CT molecular complexity index is 429. The molecule has 1 fully saturated rings. The van der Waals surface area contributed by atoms with E-state index in [2.05, 4.69) is 6.92 Å². The van der Waals surface area contributed by atoms with Crippen LogP contribution in [0.25, 0.3) is 0 Å². The smallest absolute Gasteiger partial charge is 0.240 e. The molecule has 1 saturated heterocycles. The van der Waals surface area contributed by atoms with Crippen LogP contribution in [-0.4, -0.2) is 36.2 Å². The molecule has 3 nitrogen and oxygen atoms in total. The molecule has 1 aromatic rings. The maximum Gasteiger partial charge on any atom is 0.240 e. The van der Waals surface area contributed by atoms with Gasteiger partial charge in [-0.15, -0.1) is 24.2 Å². The van der Waals surface area contributed by atoms with Crippen LogP contribution in [0.4, 0.5) is 0 Å². The minimum absolute atomic E-state index is 0. The van der Waals surface area contributed by atoms with Crippen molar-refractivity contribution in [1.82, 2.24) is 4.90 Å². The fourth-order valence-corrected chi connectivity index (χ4v) is 3.54. The van der Waals surface area contributed by atoms with Gasteiger partial charge in [-0.3, -0.25) is 4.79 Å². The third kappa shape index (κ3) is 3.68. The quantitative estimate of drug-likeness (QED) is 0.929. The van der Waals surface area contributed by atoms with Crippen molar-refractivity contribution in [2.45, 2.75) is 24.6 Å². The Hall–Kier alpha value is -0.710. The zero-order chi connectivity index (χ0) is 13.8. The van der Waals surface area contributed by atoms with Gasteiger partial charge in [0.15, 0.2) is 0 Å². The summed E-state index contributed by atoms with van der Waals surface area (Å²) >= 11 is 1.61. The van der Waals surface area contributed by atoms with E-state index in [4.69, 9.17) is 5.73 Å². The molecule has 3 unspecified atom stereocenters. The van der Waals surface area contributed by atoms with Crippen LogP contribution in [0, 0.1) is 5.92 Å². The first-order valence-electron chi connectivity index (χ1n) is 6.75. The molecule has 0 bridgehead atoms. The molecule has 5 heteroatoms. The number of likely N-dealkylation sites (tertiary alicyclic amines) is 1. The summed E-state index contributed by atoms with van der Waals surface area (Å²) in [5.41, 5.74) is 6.82. The average Bonchev–Trinajstić information content (AvgIpc) is 2.82. The van der Waals surface area contributed by atoms with Gasteiger partial charge in [-0.05, 0) is 37.6 Å². The SMILES string of the molecule is CSC(C(=O)N1CC(CN)CC1C)c1ccccc1.Cl. The fraction of sp³-hybridized carbons (Fsp3) is 0.533. The predicted octanol–water partition coefficient (Wildman–Crippen LogP) is 2.71. The Morgan fingerprint density at radius 2 is 2.10 bits per heavy atom. The standard InChI is InChI=1S/C15H22N2OS.ClH/c1-11-8-12(9-16)10-17(11)15(18)14(19-2)13-6-4-3-5-7-13;/h3-7,11-12,14H,8-10,16H2,1-2H3;1H. The van der Waals surface area contributed by atoms with Crippen LogP contribution in [0.15, 0.2) is 30.3 Å². The second-order valence-corrected chi connectivity index (χ2v) is 6.15. The number of benzene rings is 1. The first-order valence-corrected chi connectivity index (χ1v) is 8.04. The molecule has 2 rings (SSSR count). The van der Waals surface area contributed by atoms with Crippen LogP contribution in [0.5, 0.6) is 0 Å². The van der Waals surface area contributed by atoms with Gasteiger partial charge >= 0.3 is 0 Å². The van der Waals surface area contributed by atoms with E-state index in [1.54, 1.807) is 11.8 Å². The first kappa shape index (κ1) is 17.3. The highest BCUT2D eigenvalue weighted by Crippen LogP contribution is 2.32. The topological polar surface area (TPSA) is 46.3 Å². The number of carbonyl (C=O) groups is 1. The lowest BCUT2D eigenvalue weighted by molar-refractivity contribution is -0.131. The lowest BCUT2D eigenvalue weighted by Crippen LogP contribution is -2.37. The van der Waals surface area contributed by atoms with E-state index in [-0.39, 0.29) is 23.6 Å². The van der Waals surface area contributed by atoms with Gasteiger partial charge in [-0.1, -0.05) is 30.3 Å². The summed E-state index contributed by atoms with van der Waals surface area (Å²) in [4.78, 5) is 14.7. The van der Waals surface area contributed by atoms with Crippen molar-refractivity contribution < 1.29 is 4.79 Å². The largest absolute Gasteiger partial charge is 0.338 e. The minimum Gasteiger partial charge on any atom is -0.338 e. The summed E-state index contributed by atoms with van der Waals surface area (Å²) in [6.45, 7) is 3.60. The number of hydrogen-bond acceptors (Lipinski definition) is 3. The molecule has 20 heavy (non-hydrogen) atoms. The number of nitrogens with two attached hydrogens (primary N) is 1. The van der Waals surface area contributed by atoms with E-state index in [9.17, 15) is 4.79 Å². The highest BCUT2D eigenvalue weighted by molar-refractivity contribution is 7.99. The molecule has 0 radical (unpaired) electrons. The maximum absolute atomic E-state index is 12.7. The molecule has 3 atom stereocenters.